The third kappa shape index (κ3) is 4.15. The van der Waals surface area contributed by atoms with E-state index < -0.39 is 0 Å². The number of nitrogens with two attached hydrogens (primary N) is 1. The topological polar surface area (TPSA) is 75.6 Å². The van der Waals surface area contributed by atoms with Crippen molar-refractivity contribution in [2.45, 2.75) is 6.54 Å². The molecule has 24 heavy (non-hydrogen) atoms. The Morgan fingerprint density at radius 1 is 1.04 bits per heavy atom. The highest BCUT2D eigenvalue weighted by molar-refractivity contribution is 5.85. The van der Waals surface area contributed by atoms with Gasteiger partial charge in [-0.2, -0.15) is 0 Å². The van der Waals surface area contributed by atoms with Crippen molar-refractivity contribution in [3.05, 3.63) is 64.2 Å². The van der Waals surface area contributed by atoms with E-state index >= 15 is 0 Å². The largest absolute Gasteiger partial charge is 0.399 e. The van der Waals surface area contributed by atoms with Crippen LogP contribution >= 0.6 is 12.4 Å². The lowest BCUT2D eigenvalue weighted by molar-refractivity contribution is -0.384. The van der Waals surface area contributed by atoms with Crippen molar-refractivity contribution in [2.75, 3.05) is 36.8 Å². The van der Waals surface area contributed by atoms with Gasteiger partial charge in [0.05, 0.1) is 4.92 Å². The maximum Gasteiger partial charge on any atom is 0.292 e. The number of rotatable bonds is 4. The average molecular weight is 349 g/mol. The van der Waals surface area contributed by atoms with Gasteiger partial charge in [-0.1, -0.05) is 24.3 Å². The molecule has 7 heteroatoms. The minimum Gasteiger partial charge on any atom is -0.399 e. The Balaban J connectivity index is 0.00000208. The van der Waals surface area contributed by atoms with Crippen LogP contribution in [0, 0.1) is 10.1 Å². The predicted molar refractivity (Wildman–Crippen MR) is 98.7 cm³/mol. The highest BCUT2D eigenvalue weighted by Gasteiger charge is 2.23. The van der Waals surface area contributed by atoms with Gasteiger partial charge in [0.1, 0.15) is 5.69 Å². The van der Waals surface area contributed by atoms with Crippen molar-refractivity contribution >= 4 is 29.5 Å². The fourth-order valence-electron chi connectivity index (χ4n) is 2.98. The van der Waals surface area contributed by atoms with E-state index in [4.69, 9.17) is 5.73 Å². The van der Waals surface area contributed by atoms with Gasteiger partial charge in [0.2, 0.25) is 0 Å². The molecule has 1 fully saturated rings. The zero-order valence-electron chi connectivity index (χ0n) is 13.3. The number of hydrogen-bond donors (Lipinski definition) is 1. The summed E-state index contributed by atoms with van der Waals surface area (Å²) >= 11 is 0. The van der Waals surface area contributed by atoms with Crippen LogP contribution in [0.15, 0.2) is 48.5 Å². The van der Waals surface area contributed by atoms with Crippen LogP contribution in [-0.4, -0.2) is 36.0 Å². The number of anilines is 2. The molecule has 2 aromatic carbocycles. The summed E-state index contributed by atoms with van der Waals surface area (Å²) in [6, 6.07) is 14.9. The molecule has 2 aromatic rings. The lowest BCUT2D eigenvalue weighted by Gasteiger charge is -2.35. The van der Waals surface area contributed by atoms with Crippen LogP contribution in [0.25, 0.3) is 0 Å². The van der Waals surface area contributed by atoms with Crippen LogP contribution in [0.3, 0.4) is 0 Å². The van der Waals surface area contributed by atoms with Crippen LogP contribution in [0.4, 0.5) is 17.1 Å². The van der Waals surface area contributed by atoms with Crippen LogP contribution in [-0.2, 0) is 6.54 Å². The van der Waals surface area contributed by atoms with E-state index in [2.05, 4.69) is 15.9 Å². The van der Waals surface area contributed by atoms with Crippen LogP contribution in [0.5, 0.6) is 0 Å². The number of para-hydroxylation sites is 2. The molecular weight excluding hydrogens is 328 g/mol. The summed E-state index contributed by atoms with van der Waals surface area (Å²) in [5.74, 6) is 0. The van der Waals surface area contributed by atoms with Gasteiger partial charge >= 0.3 is 0 Å². The van der Waals surface area contributed by atoms with Gasteiger partial charge in [-0.25, -0.2) is 0 Å². The molecule has 2 N–H and O–H groups in total. The summed E-state index contributed by atoms with van der Waals surface area (Å²) in [6.07, 6.45) is 0. The third-order valence-corrected chi connectivity index (χ3v) is 4.15. The fraction of sp³-hybridized carbons (Fsp3) is 0.294. The number of nitrogens with zero attached hydrogens (tertiary/aromatic N) is 3. The first kappa shape index (κ1) is 18.0. The number of benzene rings is 2. The van der Waals surface area contributed by atoms with Crippen molar-refractivity contribution in [3.8, 4) is 0 Å². The maximum absolute atomic E-state index is 11.2. The number of hydrogen-bond acceptors (Lipinski definition) is 5. The zero-order chi connectivity index (χ0) is 16.2. The predicted octanol–water partition coefficient (Wildman–Crippen LogP) is 2.92. The Morgan fingerprint density at radius 2 is 1.75 bits per heavy atom. The van der Waals surface area contributed by atoms with Crippen molar-refractivity contribution in [1.82, 2.24) is 4.90 Å². The third-order valence-electron chi connectivity index (χ3n) is 4.15. The molecule has 0 saturated carbocycles. The molecule has 0 spiro atoms. The van der Waals surface area contributed by atoms with Crippen LogP contribution < -0.4 is 10.6 Å². The summed E-state index contributed by atoms with van der Waals surface area (Å²) in [6.45, 7) is 4.18. The van der Waals surface area contributed by atoms with E-state index in [9.17, 15) is 10.1 Å². The molecule has 1 saturated heterocycles. The summed E-state index contributed by atoms with van der Waals surface area (Å²) < 4.78 is 0. The molecule has 0 aliphatic carbocycles. The van der Waals surface area contributed by atoms with Gasteiger partial charge in [-0.15, -0.1) is 12.4 Å². The second-order valence-corrected chi connectivity index (χ2v) is 5.75. The second-order valence-electron chi connectivity index (χ2n) is 5.75. The SMILES string of the molecule is Cl.Nc1cccc(CN2CCN(c3ccccc3[N+](=O)[O-])CC2)c1. The molecule has 6 nitrogen and oxygen atoms in total. The molecule has 1 aliphatic rings. The first-order chi connectivity index (χ1) is 11.1. The molecule has 3 rings (SSSR count). The Labute approximate surface area is 147 Å². The van der Waals surface area contributed by atoms with Gasteiger partial charge in [-0.3, -0.25) is 15.0 Å². The lowest BCUT2D eigenvalue weighted by atomic mass is 10.1. The number of nitrogen functional groups attached to an aromatic ring is 1. The van der Waals surface area contributed by atoms with Gasteiger partial charge in [0, 0.05) is 44.5 Å². The first-order valence-electron chi connectivity index (χ1n) is 7.68. The summed E-state index contributed by atoms with van der Waals surface area (Å²) in [7, 11) is 0. The van der Waals surface area contributed by atoms with Crippen molar-refractivity contribution in [1.29, 1.82) is 0 Å². The number of nitro groups is 1. The van der Waals surface area contributed by atoms with E-state index in [-0.39, 0.29) is 23.0 Å². The molecular formula is C17H21ClN4O2. The van der Waals surface area contributed by atoms with Gasteiger partial charge < -0.3 is 10.6 Å². The van der Waals surface area contributed by atoms with E-state index in [0.717, 1.165) is 38.4 Å². The number of nitro benzene ring substituents is 1. The standard InChI is InChI=1S/C17H20N4O2.ClH/c18-15-5-3-4-14(12-15)13-19-8-10-20(11-9-19)16-6-1-2-7-17(16)21(22)23;/h1-7,12H,8-11,13,18H2;1H. The highest BCUT2D eigenvalue weighted by Crippen LogP contribution is 2.28. The molecule has 0 unspecified atom stereocenters. The zero-order valence-corrected chi connectivity index (χ0v) is 14.1. The number of halogens is 1. The quantitative estimate of drug-likeness (QED) is 0.522. The van der Waals surface area contributed by atoms with Crippen LogP contribution in [0.2, 0.25) is 0 Å². The molecule has 0 aromatic heterocycles. The van der Waals surface area contributed by atoms with Crippen molar-refractivity contribution in [2.24, 2.45) is 0 Å². The molecule has 128 valence electrons. The Bertz CT molecular complexity index is 702. The normalized spacial score (nSPS) is 14.9. The Hall–Kier alpha value is -2.31. The van der Waals surface area contributed by atoms with Crippen LogP contribution in [0.1, 0.15) is 5.56 Å². The highest BCUT2D eigenvalue weighted by atomic mass is 35.5. The van der Waals surface area contributed by atoms with Crippen molar-refractivity contribution in [3.63, 3.8) is 0 Å². The van der Waals surface area contributed by atoms with Gasteiger partial charge in [0.15, 0.2) is 0 Å². The lowest BCUT2D eigenvalue weighted by Crippen LogP contribution is -2.46. The summed E-state index contributed by atoms with van der Waals surface area (Å²) in [5.41, 5.74) is 8.68. The van der Waals surface area contributed by atoms with E-state index in [0.29, 0.717) is 5.69 Å². The van der Waals surface area contributed by atoms with Crippen molar-refractivity contribution < 1.29 is 4.92 Å². The van der Waals surface area contributed by atoms with Gasteiger partial charge in [0.25, 0.3) is 5.69 Å². The van der Waals surface area contributed by atoms with E-state index in [1.165, 1.54) is 5.56 Å². The second kappa shape index (κ2) is 7.99. The monoisotopic (exact) mass is 348 g/mol. The summed E-state index contributed by atoms with van der Waals surface area (Å²) in [4.78, 5) is 15.3. The molecule has 0 bridgehead atoms. The summed E-state index contributed by atoms with van der Waals surface area (Å²) in [5, 5.41) is 11.2. The minimum atomic E-state index is -0.311. The Morgan fingerprint density at radius 3 is 2.42 bits per heavy atom. The first-order valence-corrected chi connectivity index (χ1v) is 7.68. The molecule has 0 amide bonds. The smallest absolute Gasteiger partial charge is 0.292 e. The van der Waals surface area contributed by atoms with E-state index in [1.54, 1.807) is 12.1 Å². The maximum atomic E-state index is 11.2. The average Bonchev–Trinajstić information content (AvgIpc) is 2.55. The van der Waals surface area contributed by atoms with Gasteiger partial charge in [-0.05, 0) is 23.8 Å². The minimum absolute atomic E-state index is 0. The fourth-order valence-corrected chi connectivity index (χ4v) is 2.98. The molecule has 1 heterocycles. The van der Waals surface area contributed by atoms with E-state index in [1.807, 2.05) is 30.3 Å². The molecule has 1 aliphatic heterocycles. The molecule has 0 atom stereocenters. The Kier molecular flexibility index (Phi) is 6.00. The number of piperazine rings is 1. The molecule has 0 radical (unpaired) electrons.